The molecule has 1 heterocycles. The standard InChI is InChI=1S/C17H16FNO2/c18-16-4-2-1-3-15(16)13-5-7-14(8-6-13)17(20)19-9-11-21-12-10-19/h1-8H,9-12H2. The van der Waals surface area contributed by atoms with E-state index in [1.165, 1.54) is 6.07 Å². The summed E-state index contributed by atoms with van der Waals surface area (Å²) in [6, 6.07) is 13.7. The van der Waals surface area contributed by atoms with Crippen LogP contribution in [0.3, 0.4) is 0 Å². The molecule has 0 N–H and O–H groups in total. The summed E-state index contributed by atoms with van der Waals surface area (Å²) in [6.07, 6.45) is 0. The third-order valence-electron chi connectivity index (χ3n) is 3.62. The maximum atomic E-state index is 13.7. The number of hydrogen-bond acceptors (Lipinski definition) is 2. The normalized spacial score (nSPS) is 15.0. The van der Waals surface area contributed by atoms with Crippen molar-refractivity contribution in [2.45, 2.75) is 0 Å². The van der Waals surface area contributed by atoms with Gasteiger partial charge in [-0.1, -0.05) is 30.3 Å². The zero-order chi connectivity index (χ0) is 14.7. The fourth-order valence-electron chi connectivity index (χ4n) is 2.44. The summed E-state index contributed by atoms with van der Waals surface area (Å²) in [4.78, 5) is 14.1. The molecule has 3 nitrogen and oxygen atoms in total. The largest absolute Gasteiger partial charge is 0.378 e. The maximum Gasteiger partial charge on any atom is 0.254 e. The third-order valence-corrected chi connectivity index (χ3v) is 3.62. The minimum absolute atomic E-state index is 0.00150. The van der Waals surface area contributed by atoms with E-state index in [0.29, 0.717) is 37.4 Å². The highest BCUT2D eigenvalue weighted by molar-refractivity contribution is 5.94. The van der Waals surface area contributed by atoms with Gasteiger partial charge in [0.15, 0.2) is 0 Å². The van der Waals surface area contributed by atoms with Crippen molar-refractivity contribution in [3.05, 3.63) is 59.9 Å². The lowest BCUT2D eigenvalue weighted by Crippen LogP contribution is -2.40. The molecule has 0 atom stereocenters. The predicted molar refractivity (Wildman–Crippen MR) is 78.6 cm³/mol. The van der Waals surface area contributed by atoms with Crippen LogP contribution >= 0.6 is 0 Å². The van der Waals surface area contributed by atoms with Gasteiger partial charge in [-0.25, -0.2) is 4.39 Å². The molecule has 0 spiro atoms. The molecule has 0 saturated carbocycles. The average molecular weight is 285 g/mol. The Balaban J connectivity index is 1.81. The second-order valence-corrected chi connectivity index (χ2v) is 4.96. The number of carbonyl (C=O) groups is 1. The molecule has 0 aliphatic carbocycles. The number of carbonyl (C=O) groups excluding carboxylic acids is 1. The minimum Gasteiger partial charge on any atom is -0.378 e. The fraction of sp³-hybridized carbons (Fsp3) is 0.235. The summed E-state index contributed by atoms with van der Waals surface area (Å²) in [5.74, 6) is -0.261. The van der Waals surface area contributed by atoms with Crippen molar-refractivity contribution in [1.82, 2.24) is 4.90 Å². The van der Waals surface area contributed by atoms with Crippen LogP contribution in [0.1, 0.15) is 10.4 Å². The molecular weight excluding hydrogens is 269 g/mol. The molecule has 108 valence electrons. The number of nitrogens with zero attached hydrogens (tertiary/aromatic N) is 1. The molecule has 21 heavy (non-hydrogen) atoms. The van der Waals surface area contributed by atoms with Crippen LogP contribution in [0.15, 0.2) is 48.5 Å². The van der Waals surface area contributed by atoms with E-state index in [1.54, 1.807) is 47.4 Å². The molecule has 2 aromatic rings. The van der Waals surface area contributed by atoms with Crippen molar-refractivity contribution in [3.63, 3.8) is 0 Å². The van der Waals surface area contributed by atoms with Crippen LogP contribution in [0.25, 0.3) is 11.1 Å². The number of benzene rings is 2. The second-order valence-electron chi connectivity index (χ2n) is 4.96. The maximum absolute atomic E-state index is 13.7. The summed E-state index contributed by atoms with van der Waals surface area (Å²) in [5.41, 5.74) is 1.94. The second kappa shape index (κ2) is 6.06. The monoisotopic (exact) mass is 285 g/mol. The van der Waals surface area contributed by atoms with Crippen LogP contribution < -0.4 is 0 Å². The Morgan fingerprint density at radius 1 is 1.00 bits per heavy atom. The van der Waals surface area contributed by atoms with Gasteiger partial charge in [-0.15, -0.1) is 0 Å². The minimum atomic E-state index is -0.259. The first-order valence-corrected chi connectivity index (χ1v) is 6.98. The lowest BCUT2D eigenvalue weighted by molar-refractivity contribution is 0.0303. The lowest BCUT2D eigenvalue weighted by atomic mass is 10.0. The Morgan fingerprint density at radius 3 is 2.33 bits per heavy atom. The zero-order valence-corrected chi connectivity index (χ0v) is 11.6. The van der Waals surface area contributed by atoms with Crippen LogP contribution in [0.4, 0.5) is 4.39 Å². The van der Waals surface area contributed by atoms with E-state index in [-0.39, 0.29) is 11.7 Å². The van der Waals surface area contributed by atoms with Gasteiger partial charge in [0.05, 0.1) is 13.2 Å². The summed E-state index contributed by atoms with van der Waals surface area (Å²) in [7, 11) is 0. The van der Waals surface area contributed by atoms with Crippen LogP contribution in [-0.4, -0.2) is 37.1 Å². The van der Waals surface area contributed by atoms with Crippen LogP contribution in [0, 0.1) is 5.82 Å². The van der Waals surface area contributed by atoms with Gasteiger partial charge in [0, 0.05) is 24.2 Å². The lowest BCUT2D eigenvalue weighted by Gasteiger charge is -2.26. The van der Waals surface area contributed by atoms with Gasteiger partial charge in [0.1, 0.15) is 5.82 Å². The SMILES string of the molecule is O=C(c1ccc(-c2ccccc2F)cc1)N1CCOCC1. The first kappa shape index (κ1) is 13.8. The van der Waals surface area contributed by atoms with Gasteiger partial charge < -0.3 is 9.64 Å². The molecule has 1 amide bonds. The Labute approximate surface area is 123 Å². The Morgan fingerprint density at radius 2 is 1.67 bits per heavy atom. The highest BCUT2D eigenvalue weighted by Crippen LogP contribution is 2.23. The van der Waals surface area contributed by atoms with Gasteiger partial charge in [0.25, 0.3) is 5.91 Å². The van der Waals surface area contributed by atoms with Crippen molar-refractivity contribution < 1.29 is 13.9 Å². The van der Waals surface area contributed by atoms with Crippen LogP contribution in [-0.2, 0) is 4.74 Å². The van der Waals surface area contributed by atoms with E-state index in [0.717, 1.165) is 5.56 Å². The Kier molecular flexibility index (Phi) is 3.97. The highest BCUT2D eigenvalue weighted by atomic mass is 19.1. The molecule has 1 aliphatic heterocycles. The molecular formula is C17H16FNO2. The van der Waals surface area contributed by atoms with Crippen molar-refractivity contribution >= 4 is 5.91 Å². The molecule has 4 heteroatoms. The Hall–Kier alpha value is -2.20. The zero-order valence-electron chi connectivity index (χ0n) is 11.6. The number of halogens is 1. The summed E-state index contributed by atoms with van der Waals surface area (Å²) < 4.78 is 19.0. The third kappa shape index (κ3) is 2.95. The van der Waals surface area contributed by atoms with Gasteiger partial charge in [0.2, 0.25) is 0 Å². The van der Waals surface area contributed by atoms with E-state index in [1.807, 2.05) is 0 Å². The summed E-state index contributed by atoms with van der Waals surface area (Å²) >= 11 is 0. The number of amides is 1. The van der Waals surface area contributed by atoms with Crippen LogP contribution in [0.2, 0.25) is 0 Å². The molecule has 0 bridgehead atoms. The smallest absolute Gasteiger partial charge is 0.254 e. The van der Waals surface area contributed by atoms with Crippen molar-refractivity contribution in [3.8, 4) is 11.1 Å². The summed E-state index contributed by atoms with van der Waals surface area (Å²) in [5, 5.41) is 0. The van der Waals surface area contributed by atoms with Gasteiger partial charge >= 0.3 is 0 Å². The van der Waals surface area contributed by atoms with E-state index < -0.39 is 0 Å². The number of hydrogen-bond donors (Lipinski definition) is 0. The molecule has 0 radical (unpaired) electrons. The molecule has 0 unspecified atom stereocenters. The molecule has 1 aliphatic rings. The Bertz CT molecular complexity index is 633. The van der Waals surface area contributed by atoms with Crippen molar-refractivity contribution in [2.75, 3.05) is 26.3 Å². The van der Waals surface area contributed by atoms with E-state index in [4.69, 9.17) is 4.74 Å². The number of rotatable bonds is 2. The van der Waals surface area contributed by atoms with Gasteiger partial charge in [-0.2, -0.15) is 0 Å². The highest BCUT2D eigenvalue weighted by Gasteiger charge is 2.18. The van der Waals surface area contributed by atoms with E-state index in [2.05, 4.69) is 0 Å². The molecule has 1 fully saturated rings. The topological polar surface area (TPSA) is 29.5 Å². The van der Waals surface area contributed by atoms with Crippen molar-refractivity contribution in [2.24, 2.45) is 0 Å². The van der Waals surface area contributed by atoms with E-state index >= 15 is 0 Å². The quantitative estimate of drug-likeness (QED) is 0.849. The average Bonchev–Trinajstić information content (AvgIpc) is 2.56. The predicted octanol–water partition coefficient (Wildman–Crippen LogP) is 2.97. The molecule has 0 aromatic heterocycles. The van der Waals surface area contributed by atoms with Crippen molar-refractivity contribution in [1.29, 1.82) is 0 Å². The number of ether oxygens (including phenoxy) is 1. The molecule has 1 saturated heterocycles. The van der Waals surface area contributed by atoms with E-state index in [9.17, 15) is 9.18 Å². The fourth-order valence-corrected chi connectivity index (χ4v) is 2.44. The summed E-state index contributed by atoms with van der Waals surface area (Å²) in [6.45, 7) is 2.40. The van der Waals surface area contributed by atoms with Crippen LogP contribution in [0.5, 0.6) is 0 Å². The number of morpholine rings is 1. The first-order chi connectivity index (χ1) is 10.3. The molecule has 3 rings (SSSR count). The van der Waals surface area contributed by atoms with Gasteiger partial charge in [-0.3, -0.25) is 4.79 Å². The van der Waals surface area contributed by atoms with Gasteiger partial charge in [-0.05, 0) is 23.8 Å². The first-order valence-electron chi connectivity index (χ1n) is 6.98. The molecule has 2 aromatic carbocycles.